The number of phenols is 1. The molecular formula is C21H19NO3. The highest BCUT2D eigenvalue weighted by Crippen LogP contribution is 2.25. The summed E-state index contributed by atoms with van der Waals surface area (Å²) >= 11 is 0. The fraction of sp³-hybridized carbons (Fsp3) is 0.0952. The number of hydrogen-bond acceptors (Lipinski definition) is 3. The molecule has 0 aliphatic heterocycles. The predicted octanol–water partition coefficient (Wildman–Crippen LogP) is 4.00. The first kappa shape index (κ1) is 16.6. The monoisotopic (exact) mass is 333 g/mol. The van der Waals surface area contributed by atoms with Crippen molar-refractivity contribution in [3.63, 3.8) is 0 Å². The summed E-state index contributed by atoms with van der Waals surface area (Å²) in [4.78, 5) is 12.7. The summed E-state index contributed by atoms with van der Waals surface area (Å²) in [6.45, 7) is 0.311. The summed E-state index contributed by atoms with van der Waals surface area (Å²) in [5.41, 5.74) is 3.30. The largest absolute Gasteiger partial charge is 0.508 e. The molecule has 1 amide bonds. The first-order valence-electron chi connectivity index (χ1n) is 7.97. The van der Waals surface area contributed by atoms with Crippen molar-refractivity contribution in [2.45, 2.75) is 6.54 Å². The second-order valence-corrected chi connectivity index (χ2v) is 5.59. The summed E-state index contributed by atoms with van der Waals surface area (Å²) in [6.07, 6.45) is 0. The molecule has 0 radical (unpaired) electrons. The van der Waals surface area contributed by atoms with Crippen molar-refractivity contribution in [1.82, 2.24) is 5.32 Å². The van der Waals surface area contributed by atoms with Gasteiger partial charge in [-0.05, 0) is 29.3 Å². The van der Waals surface area contributed by atoms with Crippen LogP contribution in [0.1, 0.15) is 15.9 Å². The Bertz CT molecular complexity index is 875. The third kappa shape index (κ3) is 3.80. The molecule has 4 heteroatoms. The molecule has 0 bridgehead atoms. The Kier molecular flexibility index (Phi) is 5.00. The van der Waals surface area contributed by atoms with Crippen LogP contribution in [-0.4, -0.2) is 18.1 Å². The van der Waals surface area contributed by atoms with E-state index in [-0.39, 0.29) is 11.7 Å². The number of hydrogen-bond donors (Lipinski definition) is 2. The molecule has 3 aromatic rings. The molecule has 126 valence electrons. The lowest BCUT2D eigenvalue weighted by Gasteiger charge is -2.12. The summed E-state index contributed by atoms with van der Waals surface area (Å²) in [5.74, 6) is 0.507. The first-order chi connectivity index (χ1) is 12.2. The molecule has 0 aliphatic carbocycles. The maximum atomic E-state index is 12.7. The van der Waals surface area contributed by atoms with Crippen LogP contribution in [-0.2, 0) is 6.54 Å². The van der Waals surface area contributed by atoms with E-state index in [0.717, 1.165) is 16.7 Å². The number of amides is 1. The van der Waals surface area contributed by atoms with E-state index in [0.29, 0.717) is 17.9 Å². The van der Waals surface area contributed by atoms with Crippen LogP contribution in [0.3, 0.4) is 0 Å². The quantitative estimate of drug-likeness (QED) is 0.742. The zero-order valence-electron chi connectivity index (χ0n) is 13.9. The van der Waals surface area contributed by atoms with Crippen LogP contribution in [0.15, 0.2) is 72.8 Å². The lowest BCUT2D eigenvalue weighted by Crippen LogP contribution is -2.23. The molecule has 0 aliphatic rings. The summed E-state index contributed by atoms with van der Waals surface area (Å²) in [6, 6.07) is 22.2. The van der Waals surface area contributed by atoms with Crippen molar-refractivity contribution in [2.75, 3.05) is 7.11 Å². The Hall–Kier alpha value is -3.27. The molecule has 0 atom stereocenters. The third-order valence-corrected chi connectivity index (χ3v) is 3.97. The molecule has 0 saturated carbocycles. The Morgan fingerprint density at radius 1 is 1.00 bits per heavy atom. The predicted molar refractivity (Wildman–Crippen MR) is 97.7 cm³/mol. The maximum Gasteiger partial charge on any atom is 0.252 e. The minimum Gasteiger partial charge on any atom is -0.508 e. The Labute approximate surface area is 146 Å². The number of methoxy groups -OCH3 is 1. The molecule has 4 nitrogen and oxygen atoms in total. The SMILES string of the molecule is COc1cc(O)ccc1CNC(=O)c1ccccc1-c1ccccc1. The van der Waals surface area contributed by atoms with Crippen molar-refractivity contribution >= 4 is 5.91 Å². The summed E-state index contributed by atoms with van der Waals surface area (Å²) < 4.78 is 5.25. The van der Waals surface area contributed by atoms with Gasteiger partial charge in [0, 0.05) is 23.7 Å². The van der Waals surface area contributed by atoms with E-state index < -0.39 is 0 Å². The zero-order chi connectivity index (χ0) is 17.6. The van der Waals surface area contributed by atoms with Gasteiger partial charge in [-0.3, -0.25) is 4.79 Å². The van der Waals surface area contributed by atoms with Crippen LogP contribution in [0.5, 0.6) is 11.5 Å². The normalized spacial score (nSPS) is 10.3. The van der Waals surface area contributed by atoms with Crippen molar-refractivity contribution in [2.24, 2.45) is 0 Å². The highest BCUT2D eigenvalue weighted by Gasteiger charge is 2.13. The Morgan fingerprint density at radius 3 is 2.48 bits per heavy atom. The van der Waals surface area contributed by atoms with Crippen molar-refractivity contribution in [3.05, 3.63) is 83.9 Å². The number of aromatic hydroxyl groups is 1. The van der Waals surface area contributed by atoms with Crippen molar-refractivity contribution in [1.29, 1.82) is 0 Å². The fourth-order valence-electron chi connectivity index (χ4n) is 2.70. The molecule has 3 rings (SSSR count). The van der Waals surface area contributed by atoms with Crippen molar-refractivity contribution in [3.8, 4) is 22.6 Å². The van der Waals surface area contributed by atoms with Gasteiger partial charge in [0.05, 0.1) is 7.11 Å². The van der Waals surface area contributed by atoms with E-state index in [1.807, 2.05) is 54.6 Å². The van der Waals surface area contributed by atoms with Crippen LogP contribution in [0.25, 0.3) is 11.1 Å². The second-order valence-electron chi connectivity index (χ2n) is 5.59. The number of carbonyl (C=O) groups is 1. The Balaban J connectivity index is 1.81. The van der Waals surface area contributed by atoms with Gasteiger partial charge in [-0.1, -0.05) is 48.5 Å². The van der Waals surface area contributed by atoms with Crippen LogP contribution in [0, 0.1) is 0 Å². The molecule has 0 unspecified atom stereocenters. The molecular weight excluding hydrogens is 314 g/mol. The van der Waals surface area contributed by atoms with Gasteiger partial charge in [0.25, 0.3) is 5.91 Å². The number of carbonyl (C=O) groups excluding carboxylic acids is 1. The fourth-order valence-corrected chi connectivity index (χ4v) is 2.70. The summed E-state index contributed by atoms with van der Waals surface area (Å²) in [5, 5.41) is 12.4. The molecule has 2 N–H and O–H groups in total. The van der Waals surface area contributed by atoms with E-state index in [4.69, 9.17) is 4.74 Å². The van der Waals surface area contributed by atoms with E-state index in [9.17, 15) is 9.90 Å². The van der Waals surface area contributed by atoms with Gasteiger partial charge in [-0.15, -0.1) is 0 Å². The topological polar surface area (TPSA) is 58.6 Å². The zero-order valence-corrected chi connectivity index (χ0v) is 13.9. The smallest absolute Gasteiger partial charge is 0.252 e. The number of ether oxygens (including phenoxy) is 1. The number of nitrogens with one attached hydrogen (secondary N) is 1. The molecule has 0 spiro atoms. The average molecular weight is 333 g/mol. The molecule has 0 heterocycles. The molecule has 0 saturated heterocycles. The van der Waals surface area contributed by atoms with Crippen LogP contribution >= 0.6 is 0 Å². The number of benzene rings is 3. The average Bonchev–Trinajstić information content (AvgIpc) is 2.67. The minimum atomic E-state index is -0.158. The second kappa shape index (κ2) is 7.53. The van der Waals surface area contributed by atoms with Gasteiger partial charge < -0.3 is 15.2 Å². The Morgan fingerprint density at radius 2 is 1.72 bits per heavy atom. The van der Waals surface area contributed by atoms with Crippen LogP contribution in [0.2, 0.25) is 0 Å². The highest BCUT2D eigenvalue weighted by atomic mass is 16.5. The van der Waals surface area contributed by atoms with E-state index in [2.05, 4.69) is 5.32 Å². The lowest BCUT2D eigenvalue weighted by atomic mass is 9.99. The van der Waals surface area contributed by atoms with Crippen molar-refractivity contribution < 1.29 is 14.6 Å². The maximum absolute atomic E-state index is 12.7. The van der Waals surface area contributed by atoms with E-state index in [1.54, 1.807) is 12.1 Å². The number of phenolic OH excluding ortho intramolecular Hbond substituents is 1. The highest BCUT2D eigenvalue weighted by molar-refractivity contribution is 6.00. The first-order valence-corrected chi connectivity index (χ1v) is 7.97. The minimum absolute atomic E-state index is 0.126. The standard InChI is InChI=1S/C21H19NO3/c1-25-20-13-17(23)12-11-16(20)14-22-21(24)19-10-6-5-9-18(19)15-7-3-2-4-8-15/h2-13,23H,14H2,1H3,(H,22,24). The van der Waals surface area contributed by atoms with E-state index in [1.165, 1.54) is 13.2 Å². The van der Waals surface area contributed by atoms with Gasteiger partial charge in [-0.25, -0.2) is 0 Å². The molecule has 25 heavy (non-hydrogen) atoms. The third-order valence-electron chi connectivity index (χ3n) is 3.97. The van der Waals surface area contributed by atoms with Crippen LogP contribution < -0.4 is 10.1 Å². The lowest BCUT2D eigenvalue weighted by molar-refractivity contribution is 0.0951. The van der Waals surface area contributed by atoms with Gasteiger partial charge in [0.2, 0.25) is 0 Å². The molecule has 0 aromatic heterocycles. The van der Waals surface area contributed by atoms with Crippen LogP contribution in [0.4, 0.5) is 0 Å². The molecule has 0 fully saturated rings. The van der Waals surface area contributed by atoms with Gasteiger partial charge in [-0.2, -0.15) is 0 Å². The van der Waals surface area contributed by atoms with Gasteiger partial charge in [0.1, 0.15) is 11.5 Å². The summed E-state index contributed by atoms with van der Waals surface area (Å²) in [7, 11) is 1.53. The van der Waals surface area contributed by atoms with E-state index >= 15 is 0 Å². The number of rotatable bonds is 5. The van der Waals surface area contributed by atoms with Gasteiger partial charge in [0.15, 0.2) is 0 Å². The molecule has 3 aromatic carbocycles. The van der Waals surface area contributed by atoms with Gasteiger partial charge >= 0.3 is 0 Å².